The van der Waals surface area contributed by atoms with Gasteiger partial charge in [-0.2, -0.15) is 0 Å². The number of nitrogens with zero attached hydrogens (tertiary/aromatic N) is 3. The topological polar surface area (TPSA) is 85.2 Å². The SMILES string of the molecule is CN(Cc1cccc(Cl)c1Cl)C(=O)c1nonc1N. The number of aromatic nitrogens is 2. The fourth-order valence-electron chi connectivity index (χ4n) is 1.52. The minimum atomic E-state index is -0.408. The third-order valence-electron chi connectivity index (χ3n) is 2.50. The molecule has 1 amide bonds. The van der Waals surface area contributed by atoms with Crippen LogP contribution in [0.2, 0.25) is 10.0 Å². The molecule has 19 heavy (non-hydrogen) atoms. The van der Waals surface area contributed by atoms with Crippen molar-refractivity contribution < 1.29 is 9.42 Å². The number of nitrogens with two attached hydrogens (primary N) is 1. The van der Waals surface area contributed by atoms with Crippen LogP contribution in [0.1, 0.15) is 16.1 Å². The average molecular weight is 301 g/mol. The summed E-state index contributed by atoms with van der Waals surface area (Å²) in [6.07, 6.45) is 0. The molecule has 0 aliphatic carbocycles. The number of anilines is 1. The van der Waals surface area contributed by atoms with Gasteiger partial charge in [0.2, 0.25) is 11.5 Å². The number of nitrogen functional groups attached to an aromatic ring is 1. The summed E-state index contributed by atoms with van der Waals surface area (Å²) in [6.45, 7) is 0.268. The lowest BCUT2D eigenvalue weighted by atomic mass is 10.2. The maximum atomic E-state index is 12.0. The van der Waals surface area contributed by atoms with Gasteiger partial charge in [0, 0.05) is 13.6 Å². The molecule has 6 nitrogen and oxygen atoms in total. The fraction of sp³-hybridized carbons (Fsp3) is 0.182. The minimum Gasteiger partial charge on any atom is -0.379 e. The maximum absolute atomic E-state index is 12.0. The summed E-state index contributed by atoms with van der Waals surface area (Å²) in [5.74, 6) is -0.455. The van der Waals surface area contributed by atoms with E-state index in [1.807, 2.05) is 0 Å². The first-order valence-corrected chi connectivity index (χ1v) is 6.02. The predicted octanol–water partition coefficient (Wildman–Crippen LogP) is 2.23. The van der Waals surface area contributed by atoms with Crippen molar-refractivity contribution in [1.82, 2.24) is 15.2 Å². The summed E-state index contributed by atoms with van der Waals surface area (Å²) in [4.78, 5) is 13.4. The van der Waals surface area contributed by atoms with Gasteiger partial charge in [-0.3, -0.25) is 4.79 Å². The molecular weight excluding hydrogens is 291 g/mol. The standard InChI is InChI=1S/C11H10Cl2N4O2/c1-17(11(18)9-10(14)16-19-15-9)5-6-3-2-4-7(12)8(6)13/h2-4H,5H2,1H3,(H2,14,16). The van der Waals surface area contributed by atoms with Gasteiger partial charge in [0.15, 0.2) is 0 Å². The predicted molar refractivity (Wildman–Crippen MR) is 71.0 cm³/mol. The molecule has 0 spiro atoms. The Kier molecular flexibility index (Phi) is 3.92. The van der Waals surface area contributed by atoms with E-state index in [-0.39, 0.29) is 18.1 Å². The first-order valence-electron chi connectivity index (χ1n) is 5.27. The van der Waals surface area contributed by atoms with Crippen LogP contribution >= 0.6 is 23.2 Å². The number of benzene rings is 1. The molecule has 0 fully saturated rings. The Morgan fingerprint density at radius 1 is 1.42 bits per heavy atom. The molecule has 2 N–H and O–H groups in total. The zero-order valence-corrected chi connectivity index (χ0v) is 11.4. The summed E-state index contributed by atoms with van der Waals surface area (Å²) in [6, 6.07) is 5.21. The van der Waals surface area contributed by atoms with E-state index in [0.717, 1.165) is 5.56 Å². The van der Waals surface area contributed by atoms with Crippen LogP contribution in [0.25, 0.3) is 0 Å². The highest BCUT2D eigenvalue weighted by Crippen LogP contribution is 2.26. The van der Waals surface area contributed by atoms with E-state index in [1.54, 1.807) is 25.2 Å². The Labute approximate surface area is 119 Å². The van der Waals surface area contributed by atoms with Crippen LogP contribution in [-0.4, -0.2) is 28.2 Å². The zero-order valence-electron chi connectivity index (χ0n) is 9.93. The first-order chi connectivity index (χ1) is 9.00. The van der Waals surface area contributed by atoms with Crippen molar-refractivity contribution in [2.45, 2.75) is 6.54 Å². The van der Waals surface area contributed by atoms with Crippen LogP contribution in [0.5, 0.6) is 0 Å². The summed E-state index contributed by atoms with van der Waals surface area (Å²) < 4.78 is 4.39. The lowest BCUT2D eigenvalue weighted by Crippen LogP contribution is -2.27. The summed E-state index contributed by atoms with van der Waals surface area (Å²) in [5, 5.41) is 7.66. The largest absolute Gasteiger partial charge is 0.379 e. The molecule has 8 heteroatoms. The van der Waals surface area contributed by atoms with E-state index in [2.05, 4.69) is 14.9 Å². The van der Waals surface area contributed by atoms with E-state index in [4.69, 9.17) is 28.9 Å². The third kappa shape index (κ3) is 2.80. The molecule has 2 aromatic rings. The normalized spacial score (nSPS) is 10.5. The minimum absolute atomic E-state index is 0.0272. The van der Waals surface area contributed by atoms with Crippen LogP contribution in [0.15, 0.2) is 22.8 Å². The number of hydrogen-bond donors (Lipinski definition) is 1. The Morgan fingerprint density at radius 3 is 2.79 bits per heavy atom. The van der Waals surface area contributed by atoms with Crippen LogP contribution in [0, 0.1) is 0 Å². The van der Waals surface area contributed by atoms with E-state index >= 15 is 0 Å². The van der Waals surface area contributed by atoms with Crippen molar-refractivity contribution in [3.8, 4) is 0 Å². The molecule has 1 aromatic heterocycles. The summed E-state index contributed by atoms with van der Waals surface area (Å²) in [7, 11) is 1.59. The Morgan fingerprint density at radius 2 is 2.16 bits per heavy atom. The van der Waals surface area contributed by atoms with Gasteiger partial charge in [0.1, 0.15) is 0 Å². The van der Waals surface area contributed by atoms with Gasteiger partial charge >= 0.3 is 0 Å². The quantitative estimate of drug-likeness (QED) is 0.939. The highest BCUT2D eigenvalue weighted by Gasteiger charge is 2.21. The molecule has 0 saturated heterocycles. The van der Waals surface area contributed by atoms with Crippen LogP contribution in [0.3, 0.4) is 0 Å². The molecule has 0 bridgehead atoms. The Bertz CT molecular complexity index is 614. The molecule has 0 unspecified atom stereocenters. The lowest BCUT2D eigenvalue weighted by molar-refractivity contribution is 0.0775. The van der Waals surface area contributed by atoms with Crippen molar-refractivity contribution in [2.75, 3.05) is 12.8 Å². The zero-order chi connectivity index (χ0) is 14.0. The van der Waals surface area contributed by atoms with Gasteiger partial charge in [0.05, 0.1) is 10.0 Å². The van der Waals surface area contributed by atoms with E-state index in [9.17, 15) is 4.79 Å². The number of amides is 1. The van der Waals surface area contributed by atoms with Crippen LogP contribution < -0.4 is 5.73 Å². The highest BCUT2D eigenvalue weighted by molar-refractivity contribution is 6.42. The Hall–Kier alpha value is -1.79. The smallest absolute Gasteiger partial charge is 0.280 e. The molecule has 0 saturated carbocycles. The molecule has 100 valence electrons. The fourth-order valence-corrected chi connectivity index (χ4v) is 1.90. The van der Waals surface area contributed by atoms with E-state index in [1.165, 1.54) is 4.90 Å². The molecule has 0 radical (unpaired) electrons. The Balaban J connectivity index is 2.18. The summed E-state index contributed by atoms with van der Waals surface area (Å²) in [5.41, 5.74) is 6.16. The van der Waals surface area contributed by atoms with Crippen LogP contribution in [-0.2, 0) is 6.54 Å². The van der Waals surface area contributed by atoms with Gasteiger partial charge < -0.3 is 10.6 Å². The highest BCUT2D eigenvalue weighted by atomic mass is 35.5. The first kappa shape index (κ1) is 13.6. The van der Waals surface area contributed by atoms with Crippen molar-refractivity contribution in [3.05, 3.63) is 39.5 Å². The van der Waals surface area contributed by atoms with Gasteiger partial charge in [0.25, 0.3) is 5.91 Å². The summed E-state index contributed by atoms with van der Waals surface area (Å²) >= 11 is 12.0. The van der Waals surface area contributed by atoms with Crippen molar-refractivity contribution in [1.29, 1.82) is 0 Å². The third-order valence-corrected chi connectivity index (χ3v) is 3.36. The molecule has 2 rings (SSSR count). The van der Waals surface area contributed by atoms with Crippen molar-refractivity contribution in [2.24, 2.45) is 0 Å². The van der Waals surface area contributed by atoms with Gasteiger partial charge in [-0.1, -0.05) is 35.3 Å². The van der Waals surface area contributed by atoms with Crippen molar-refractivity contribution in [3.63, 3.8) is 0 Å². The number of hydrogen-bond acceptors (Lipinski definition) is 5. The molecule has 1 aromatic carbocycles. The molecular formula is C11H10Cl2N4O2. The molecule has 0 atom stereocenters. The lowest BCUT2D eigenvalue weighted by Gasteiger charge is -2.16. The number of carbonyl (C=O) groups is 1. The van der Waals surface area contributed by atoms with E-state index in [0.29, 0.717) is 10.0 Å². The number of carbonyl (C=O) groups excluding carboxylic acids is 1. The molecule has 1 heterocycles. The average Bonchev–Trinajstić information content (AvgIpc) is 2.80. The number of rotatable bonds is 3. The monoisotopic (exact) mass is 300 g/mol. The van der Waals surface area contributed by atoms with Crippen molar-refractivity contribution >= 4 is 34.9 Å². The second-order valence-electron chi connectivity index (χ2n) is 3.87. The molecule has 0 aliphatic heterocycles. The maximum Gasteiger partial charge on any atom is 0.280 e. The van der Waals surface area contributed by atoms with Gasteiger partial charge in [-0.15, -0.1) is 0 Å². The van der Waals surface area contributed by atoms with Gasteiger partial charge in [-0.05, 0) is 21.9 Å². The second-order valence-corrected chi connectivity index (χ2v) is 4.66. The molecule has 0 aliphatic rings. The number of halogens is 2. The van der Waals surface area contributed by atoms with Crippen LogP contribution in [0.4, 0.5) is 5.82 Å². The van der Waals surface area contributed by atoms with Gasteiger partial charge in [-0.25, -0.2) is 4.63 Å². The second kappa shape index (κ2) is 5.46. The van der Waals surface area contributed by atoms with E-state index < -0.39 is 5.91 Å².